The molecule has 0 N–H and O–H groups in total. The number of Topliss-reactive ketones (excluding diaryl/α,β-unsaturated/α-hetero) is 1. The predicted octanol–water partition coefficient (Wildman–Crippen LogP) is 3.30. The smallest absolute Gasteiger partial charge is 0.377 e. The van der Waals surface area contributed by atoms with Crippen LogP contribution in [0.5, 0.6) is 0 Å². The van der Waals surface area contributed by atoms with Gasteiger partial charge in [0.2, 0.25) is 0 Å². The zero-order chi connectivity index (χ0) is 12.3. The van der Waals surface area contributed by atoms with Gasteiger partial charge in [-0.25, -0.2) is 0 Å². The van der Waals surface area contributed by atoms with E-state index in [0.29, 0.717) is 0 Å². The summed E-state index contributed by atoms with van der Waals surface area (Å²) < 4.78 is 42.6. The Balaban J connectivity index is 3.23. The molecule has 0 atom stereocenters. The van der Waals surface area contributed by atoms with Gasteiger partial charge in [0, 0.05) is 17.1 Å². The molecule has 0 unspecified atom stereocenters. The maximum atomic E-state index is 12.6. The summed E-state index contributed by atoms with van der Waals surface area (Å²) in [5.41, 5.74) is -1.33. The number of alkyl halides is 3. The minimum Gasteiger partial charge on any atom is -0.377 e. The Morgan fingerprint density at radius 2 is 2.06 bits per heavy atom. The van der Waals surface area contributed by atoms with Gasteiger partial charge in [0.25, 0.3) is 0 Å². The van der Waals surface area contributed by atoms with Crippen molar-refractivity contribution in [1.82, 2.24) is 0 Å². The van der Waals surface area contributed by atoms with Crippen LogP contribution in [0.1, 0.15) is 15.9 Å². The SMILES string of the molecule is COCC(=O)c1ccc(Br)cc1C(F)(F)F. The molecular formula is C10H8BrF3O2. The van der Waals surface area contributed by atoms with Crippen LogP contribution in [0, 0.1) is 0 Å². The molecule has 1 aromatic carbocycles. The fourth-order valence-corrected chi connectivity index (χ4v) is 1.56. The van der Waals surface area contributed by atoms with E-state index >= 15 is 0 Å². The summed E-state index contributed by atoms with van der Waals surface area (Å²) in [6.07, 6.45) is -4.55. The maximum Gasteiger partial charge on any atom is 0.417 e. The van der Waals surface area contributed by atoms with Crippen LogP contribution in [0.15, 0.2) is 22.7 Å². The fourth-order valence-electron chi connectivity index (χ4n) is 1.20. The number of hydrogen-bond acceptors (Lipinski definition) is 2. The number of hydrogen-bond donors (Lipinski definition) is 0. The van der Waals surface area contributed by atoms with Crippen molar-refractivity contribution >= 4 is 21.7 Å². The number of methoxy groups -OCH3 is 1. The molecule has 0 fully saturated rings. The van der Waals surface area contributed by atoms with Crippen molar-refractivity contribution in [2.75, 3.05) is 13.7 Å². The van der Waals surface area contributed by atoms with E-state index < -0.39 is 17.5 Å². The molecule has 0 aromatic heterocycles. The second-order valence-electron chi connectivity index (χ2n) is 3.04. The quantitative estimate of drug-likeness (QED) is 0.800. The minimum absolute atomic E-state index is 0.272. The second-order valence-corrected chi connectivity index (χ2v) is 3.96. The largest absolute Gasteiger partial charge is 0.417 e. The monoisotopic (exact) mass is 296 g/mol. The molecule has 88 valence electrons. The molecule has 0 bridgehead atoms. The second kappa shape index (κ2) is 4.97. The van der Waals surface area contributed by atoms with Gasteiger partial charge < -0.3 is 4.74 Å². The highest BCUT2D eigenvalue weighted by Crippen LogP contribution is 2.34. The number of rotatable bonds is 3. The molecule has 6 heteroatoms. The summed E-state index contributed by atoms with van der Waals surface area (Å²) in [7, 11) is 1.25. The lowest BCUT2D eigenvalue weighted by Crippen LogP contribution is -2.16. The average Bonchev–Trinajstić information content (AvgIpc) is 2.16. The molecule has 0 heterocycles. The molecule has 1 rings (SSSR count). The third kappa shape index (κ3) is 3.05. The standard InChI is InChI=1S/C10H8BrF3O2/c1-16-5-9(15)7-3-2-6(11)4-8(7)10(12,13)14/h2-4H,5H2,1H3. The van der Waals surface area contributed by atoms with Gasteiger partial charge in [0.05, 0.1) is 5.56 Å². The van der Waals surface area contributed by atoms with E-state index in [1.54, 1.807) is 0 Å². The van der Waals surface area contributed by atoms with Gasteiger partial charge in [0.1, 0.15) is 6.61 Å². The van der Waals surface area contributed by atoms with Crippen molar-refractivity contribution < 1.29 is 22.7 Å². The lowest BCUT2D eigenvalue weighted by atomic mass is 10.0. The highest BCUT2D eigenvalue weighted by molar-refractivity contribution is 9.10. The molecule has 0 aliphatic carbocycles. The normalized spacial score (nSPS) is 11.6. The van der Waals surface area contributed by atoms with E-state index in [1.165, 1.54) is 13.2 Å². The van der Waals surface area contributed by atoms with Crippen molar-refractivity contribution in [2.24, 2.45) is 0 Å². The zero-order valence-electron chi connectivity index (χ0n) is 8.27. The van der Waals surface area contributed by atoms with E-state index in [9.17, 15) is 18.0 Å². The minimum atomic E-state index is -4.55. The number of carbonyl (C=O) groups is 1. The van der Waals surface area contributed by atoms with Crippen molar-refractivity contribution in [3.8, 4) is 0 Å². The van der Waals surface area contributed by atoms with Crippen LogP contribution >= 0.6 is 15.9 Å². The number of ether oxygens (including phenoxy) is 1. The van der Waals surface area contributed by atoms with E-state index in [0.717, 1.165) is 12.1 Å². The van der Waals surface area contributed by atoms with Crippen LogP contribution in [-0.2, 0) is 10.9 Å². The molecule has 0 radical (unpaired) electrons. The van der Waals surface area contributed by atoms with Gasteiger partial charge in [-0.2, -0.15) is 13.2 Å². The van der Waals surface area contributed by atoms with Crippen molar-refractivity contribution in [3.63, 3.8) is 0 Å². The lowest BCUT2D eigenvalue weighted by molar-refractivity contribution is -0.138. The highest BCUT2D eigenvalue weighted by atomic mass is 79.9. The van der Waals surface area contributed by atoms with Gasteiger partial charge in [0.15, 0.2) is 5.78 Å². The molecule has 1 aromatic rings. The van der Waals surface area contributed by atoms with Crippen LogP contribution in [-0.4, -0.2) is 19.5 Å². The van der Waals surface area contributed by atoms with Gasteiger partial charge in [-0.15, -0.1) is 0 Å². The number of benzene rings is 1. The first-order valence-electron chi connectivity index (χ1n) is 4.25. The Kier molecular flexibility index (Phi) is 4.09. The van der Waals surface area contributed by atoms with Crippen LogP contribution in [0.4, 0.5) is 13.2 Å². The molecule has 2 nitrogen and oxygen atoms in total. The number of carbonyl (C=O) groups excluding carboxylic acids is 1. The summed E-state index contributed by atoms with van der Waals surface area (Å²) in [5, 5.41) is 0. The average molecular weight is 297 g/mol. The summed E-state index contributed by atoms with van der Waals surface area (Å²) in [6.45, 7) is -0.370. The molecule has 0 spiro atoms. The summed E-state index contributed by atoms with van der Waals surface area (Å²) in [5.74, 6) is -0.692. The zero-order valence-corrected chi connectivity index (χ0v) is 9.85. The van der Waals surface area contributed by atoms with Crippen LogP contribution in [0.25, 0.3) is 0 Å². The Hall–Kier alpha value is -0.880. The molecule has 0 amide bonds. The topological polar surface area (TPSA) is 26.3 Å². The summed E-state index contributed by atoms with van der Waals surface area (Å²) in [4.78, 5) is 11.4. The van der Waals surface area contributed by atoms with Crippen LogP contribution in [0.3, 0.4) is 0 Å². The van der Waals surface area contributed by atoms with Crippen molar-refractivity contribution in [1.29, 1.82) is 0 Å². The van der Waals surface area contributed by atoms with Gasteiger partial charge in [-0.3, -0.25) is 4.79 Å². The third-order valence-electron chi connectivity index (χ3n) is 1.86. The third-order valence-corrected chi connectivity index (χ3v) is 2.36. The molecule has 0 saturated carbocycles. The van der Waals surface area contributed by atoms with E-state index in [2.05, 4.69) is 20.7 Å². The Morgan fingerprint density at radius 1 is 1.44 bits per heavy atom. The van der Waals surface area contributed by atoms with E-state index in [4.69, 9.17) is 0 Å². The van der Waals surface area contributed by atoms with Gasteiger partial charge >= 0.3 is 6.18 Å². The fraction of sp³-hybridized carbons (Fsp3) is 0.300. The highest BCUT2D eigenvalue weighted by Gasteiger charge is 2.35. The molecular weight excluding hydrogens is 289 g/mol. The molecule has 0 saturated heterocycles. The number of halogens is 4. The van der Waals surface area contributed by atoms with E-state index in [1.807, 2.05) is 0 Å². The van der Waals surface area contributed by atoms with E-state index in [-0.39, 0.29) is 16.6 Å². The van der Waals surface area contributed by atoms with Gasteiger partial charge in [-0.05, 0) is 18.2 Å². The summed E-state index contributed by atoms with van der Waals surface area (Å²) >= 11 is 2.93. The Labute approximate surface area is 98.5 Å². The lowest BCUT2D eigenvalue weighted by Gasteiger charge is -2.12. The summed E-state index contributed by atoms with van der Waals surface area (Å²) in [6, 6.07) is 3.40. The first-order chi connectivity index (χ1) is 7.36. The maximum absolute atomic E-state index is 12.6. The van der Waals surface area contributed by atoms with Crippen LogP contribution in [0.2, 0.25) is 0 Å². The predicted molar refractivity (Wildman–Crippen MR) is 55.4 cm³/mol. The van der Waals surface area contributed by atoms with Gasteiger partial charge in [-0.1, -0.05) is 15.9 Å². The Morgan fingerprint density at radius 3 is 2.56 bits per heavy atom. The molecule has 0 aliphatic heterocycles. The van der Waals surface area contributed by atoms with Crippen molar-refractivity contribution in [2.45, 2.75) is 6.18 Å². The molecule has 16 heavy (non-hydrogen) atoms. The number of ketones is 1. The first-order valence-corrected chi connectivity index (χ1v) is 5.04. The molecule has 0 aliphatic rings. The van der Waals surface area contributed by atoms with Crippen LogP contribution < -0.4 is 0 Å². The Bertz CT molecular complexity index is 402. The van der Waals surface area contributed by atoms with Crippen molar-refractivity contribution in [3.05, 3.63) is 33.8 Å². The first kappa shape index (κ1) is 13.2.